The van der Waals surface area contributed by atoms with Crippen LogP contribution in [0.2, 0.25) is 0 Å². The number of halogens is 1. The fourth-order valence-corrected chi connectivity index (χ4v) is 1.58. The standard InChI is InChI=1S/C8H9FN2OS/c9-5-3-6-7(4-8(5)13-10)12-2-1-11-6/h3-4,11H,1-2,10H2. The summed E-state index contributed by atoms with van der Waals surface area (Å²) in [6.45, 7) is 1.31. The topological polar surface area (TPSA) is 47.3 Å². The molecule has 13 heavy (non-hydrogen) atoms. The highest BCUT2D eigenvalue weighted by Gasteiger charge is 2.13. The molecule has 3 nitrogen and oxygen atoms in total. The van der Waals surface area contributed by atoms with Crippen LogP contribution in [0.25, 0.3) is 0 Å². The van der Waals surface area contributed by atoms with Crippen molar-refractivity contribution in [1.29, 1.82) is 0 Å². The van der Waals surface area contributed by atoms with Gasteiger partial charge in [-0.25, -0.2) is 4.39 Å². The zero-order valence-corrected chi connectivity index (χ0v) is 7.66. The molecule has 0 bridgehead atoms. The summed E-state index contributed by atoms with van der Waals surface area (Å²) in [4.78, 5) is 0.405. The van der Waals surface area contributed by atoms with Crippen LogP contribution in [-0.2, 0) is 0 Å². The maximum Gasteiger partial charge on any atom is 0.143 e. The van der Waals surface area contributed by atoms with Crippen molar-refractivity contribution >= 4 is 17.6 Å². The third-order valence-corrected chi connectivity index (χ3v) is 2.40. The van der Waals surface area contributed by atoms with E-state index in [-0.39, 0.29) is 5.82 Å². The summed E-state index contributed by atoms with van der Waals surface area (Å²) in [5.74, 6) is 0.352. The normalized spacial score (nSPS) is 14.3. The van der Waals surface area contributed by atoms with Crippen molar-refractivity contribution in [3.8, 4) is 5.75 Å². The molecule has 0 spiro atoms. The molecule has 0 saturated heterocycles. The summed E-state index contributed by atoms with van der Waals surface area (Å²) in [6, 6.07) is 3.02. The second-order valence-electron chi connectivity index (χ2n) is 2.67. The van der Waals surface area contributed by atoms with Crippen LogP contribution in [0.4, 0.5) is 10.1 Å². The SMILES string of the molecule is NSc1cc2c(cc1F)NCCO2. The van der Waals surface area contributed by atoms with Gasteiger partial charge in [-0.3, -0.25) is 5.14 Å². The van der Waals surface area contributed by atoms with E-state index in [4.69, 9.17) is 9.88 Å². The van der Waals surface area contributed by atoms with Gasteiger partial charge in [0.25, 0.3) is 0 Å². The predicted molar refractivity (Wildman–Crippen MR) is 50.4 cm³/mol. The number of fused-ring (bicyclic) bond motifs is 1. The third-order valence-electron chi connectivity index (χ3n) is 1.84. The van der Waals surface area contributed by atoms with Crippen molar-refractivity contribution in [2.24, 2.45) is 5.14 Å². The van der Waals surface area contributed by atoms with Crippen LogP contribution in [0, 0.1) is 5.82 Å². The summed E-state index contributed by atoms with van der Waals surface area (Å²) in [7, 11) is 0. The van der Waals surface area contributed by atoms with E-state index in [0.717, 1.165) is 11.9 Å². The maximum absolute atomic E-state index is 13.2. The fourth-order valence-electron chi connectivity index (χ4n) is 1.23. The molecule has 0 aromatic heterocycles. The van der Waals surface area contributed by atoms with Gasteiger partial charge < -0.3 is 10.1 Å². The summed E-state index contributed by atoms with van der Waals surface area (Å²) < 4.78 is 18.5. The second kappa shape index (κ2) is 3.43. The summed E-state index contributed by atoms with van der Waals surface area (Å²) >= 11 is 0.885. The first-order valence-corrected chi connectivity index (χ1v) is 4.76. The van der Waals surface area contributed by atoms with Crippen LogP contribution >= 0.6 is 11.9 Å². The van der Waals surface area contributed by atoms with Crippen LogP contribution in [0.1, 0.15) is 0 Å². The zero-order valence-electron chi connectivity index (χ0n) is 6.84. The summed E-state index contributed by atoms with van der Waals surface area (Å²) in [6.07, 6.45) is 0. The first kappa shape index (κ1) is 8.65. The quantitative estimate of drug-likeness (QED) is 0.676. The average molecular weight is 200 g/mol. The van der Waals surface area contributed by atoms with Crippen LogP contribution in [0.15, 0.2) is 17.0 Å². The van der Waals surface area contributed by atoms with Crippen molar-refractivity contribution in [3.05, 3.63) is 17.9 Å². The predicted octanol–water partition coefficient (Wildman–Crippen LogP) is 1.60. The van der Waals surface area contributed by atoms with Gasteiger partial charge in [0.05, 0.1) is 10.6 Å². The highest BCUT2D eigenvalue weighted by atomic mass is 32.2. The van der Waals surface area contributed by atoms with Crippen molar-refractivity contribution in [1.82, 2.24) is 0 Å². The Bertz CT molecular complexity index is 332. The molecule has 1 aliphatic rings. The maximum atomic E-state index is 13.2. The van der Waals surface area contributed by atoms with Gasteiger partial charge in [-0.1, -0.05) is 0 Å². The van der Waals surface area contributed by atoms with E-state index < -0.39 is 0 Å². The van der Waals surface area contributed by atoms with Crippen molar-refractivity contribution in [3.63, 3.8) is 0 Å². The minimum Gasteiger partial charge on any atom is -0.490 e. The van der Waals surface area contributed by atoms with Crippen LogP contribution in [0.3, 0.4) is 0 Å². The van der Waals surface area contributed by atoms with Gasteiger partial charge in [0.1, 0.15) is 18.2 Å². The molecule has 0 unspecified atom stereocenters. The summed E-state index contributed by atoms with van der Waals surface area (Å²) in [5, 5.41) is 8.32. The van der Waals surface area contributed by atoms with E-state index in [0.29, 0.717) is 29.5 Å². The van der Waals surface area contributed by atoms with Gasteiger partial charge >= 0.3 is 0 Å². The van der Waals surface area contributed by atoms with Crippen LogP contribution < -0.4 is 15.2 Å². The minimum absolute atomic E-state index is 0.316. The number of anilines is 1. The number of rotatable bonds is 1. The average Bonchev–Trinajstić information content (AvgIpc) is 2.17. The molecule has 1 aliphatic heterocycles. The molecule has 0 fully saturated rings. The Morgan fingerprint density at radius 1 is 1.54 bits per heavy atom. The first-order valence-electron chi connectivity index (χ1n) is 3.88. The van der Waals surface area contributed by atoms with E-state index in [1.807, 2.05) is 0 Å². The van der Waals surface area contributed by atoms with Crippen LogP contribution in [0.5, 0.6) is 5.75 Å². The van der Waals surface area contributed by atoms with Gasteiger partial charge in [-0.05, 0) is 11.9 Å². The number of ether oxygens (including phenoxy) is 1. The molecule has 5 heteroatoms. The molecule has 3 N–H and O–H groups in total. The molecule has 70 valence electrons. The molecule has 1 aromatic rings. The highest BCUT2D eigenvalue weighted by Crippen LogP contribution is 2.32. The highest BCUT2D eigenvalue weighted by molar-refractivity contribution is 7.97. The molecule has 1 heterocycles. The van der Waals surface area contributed by atoms with Gasteiger partial charge in [-0.15, -0.1) is 0 Å². The van der Waals surface area contributed by atoms with Crippen molar-refractivity contribution in [2.75, 3.05) is 18.5 Å². The van der Waals surface area contributed by atoms with Gasteiger partial charge in [0.15, 0.2) is 0 Å². The van der Waals surface area contributed by atoms with E-state index in [1.165, 1.54) is 6.07 Å². The smallest absolute Gasteiger partial charge is 0.143 e. The van der Waals surface area contributed by atoms with Gasteiger partial charge in [0, 0.05) is 18.7 Å². The second-order valence-corrected chi connectivity index (χ2v) is 3.35. The Labute approximate surface area is 79.6 Å². The number of benzene rings is 1. The van der Waals surface area contributed by atoms with E-state index in [1.54, 1.807) is 6.07 Å². The lowest BCUT2D eigenvalue weighted by molar-refractivity contribution is 0.321. The molecule has 0 radical (unpaired) electrons. The molecular weight excluding hydrogens is 191 g/mol. The number of nitrogens with one attached hydrogen (secondary N) is 1. The first-order chi connectivity index (χ1) is 6.31. The van der Waals surface area contributed by atoms with Gasteiger partial charge in [0.2, 0.25) is 0 Å². The largest absolute Gasteiger partial charge is 0.490 e. The van der Waals surface area contributed by atoms with Crippen LogP contribution in [-0.4, -0.2) is 13.2 Å². The lowest BCUT2D eigenvalue weighted by Crippen LogP contribution is -2.18. The number of hydrogen-bond acceptors (Lipinski definition) is 4. The molecule has 0 aliphatic carbocycles. The lowest BCUT2D eigenvalue weighted by atomic mass is 10.2. The Morgan fingerprint density at radius 3 is 3.15 bits per heavy atom. The van der Waals surface area contributed by atoms with Crippen molar-refractivity contribution in [2.45, 2.75) is 4.90 Å². The number of nitrogens with two attached hydrogens (primary N) is 1. The van der Waals surface area contributed by atoms with Gasteiger partial charge in [-0.2, -0.15) is 0 Å². The minimum atomic E-state index is -0.316. The molecule has 0 saturated carbocycles. The Hall–Kier alpha value is -0.940. The molecule has 1 aromatic carbocycles. The Balaban J connectivity index is 2.44. The summed E-state index contributed by atoms with van der Waals surface area (Å²) in [5.41, 5.74) is 0.696. The zero-order chi connectivity index (χ0) is 9.26. The third kappa shape index (κ3) is 1.57. The molecule has 0 amide bonds. The molecular formula is C8H9FN2OS. The van der Waals surface area contributed by atoms with E-state index in [9.17, 15) is 4.39 Å². The monoisotopic (exact) mass is 200 g/mol. The fraction of sp³-hybridized carbons (Fsp3) is 0.250. The molecule has 0 atom stereocenters. The Kier molecular flexibility index (Phi) is 2.28. The van der Waals surface area contributed by atoms with Crippen molar-refractivity contribution < 1.29 is 9.13 Å². The number of hydrogen-bond donors (Lipinski definition) is 2. The van der Waals surface area contributed by atoms with E-state index >= 15 is 0 Å². The lowest BCUT2D eigenvalue weighted by Gasteiger charge is -2.19. The van der Waals surface area contributed by atoms with E-state index in [2.05, 4.69) is 5.32 Å². The Morgan fingerprint density at radius 2 is 2.38 bits per heavy atom. The molecule has 2 rings (SSSR count).